The molecule has 7 nitrogen and oxygen atoms in total. The fourth-order valence-corrected chi connectivity index (χ4v) is 1.64. The normalized spacial score (nSPS) is 15.4. The van der Waals surface area contributed by atoms with E-state index in [4.69, 9.17) is 9.68 Å². The highest BCUT2D eigenvalue weighted by molar-refractivity contribution is 5.84. The molecule has 2 heterocycles. The van der Waals surface area contributed by atoms with Gasteiger partial charge in [-0.05, 0) is 0 Å². The summed E-state index contributed by atoms with van der Waals surface area (Å²) in [5.41, 5.74) is 0.118. The third kappa shape index (κ3) is 2.21. The third-order valence-electron chi connectivity index (χ3n) is 2.48. The van der Waals surface area contributed by atoms with Crippen molar-refractivity contribution < 1.29 is 13.9 Å². The van der Waals surface area contributed by atoms with E-state index in [2.05, 4.69) is 15.0 Å². The van der Waals surface area contributed by atoms with E-state index in [1.165, 1.54) is 7.11 Å². The predicted octanol–water partition coefficient (Wildman–Crippen LogP) is -0.258. The zero-order valence-corrected chi connectivity index (χ0v) is 9.39. The fraction of sp³-hybridized carbons (Fsp3) is 0.500. The Morgan fingerprint density at radius 2 is 2.29 bits per heavy atom. The SMILES string of the molecule is COC(=O)c1nc(C#N)c(N2CCNCC2)o1. The number of nitrogens with zero attached hydrogens (tertiary/aromatic N) is 3. The van der Waals surface area contributed by atoms with Gasteiger partial charge in [0, 0.05) is 26.2 Å². The van der Waals surface area contributed by atoms with Crippen molar-refractivity contribution in [2.24, 2.45) is 0 Å². The lowest BCUT2D eigenvalue weighted by Crippen LogP contribution is -2.43. The molecule has 1 saturated heterocycles. The monoisotopic (exact) mass is 236 g/mol. The van der Waals surface area contributed by atoms with Crippen LogP contribution in [0.15, 0.2) is 4.42 Å². The van der Waals surface area contributed by atoms with Gasteiger partial charge in [-0.3, -0.25) is 0 Å². The number of piperazine rings is 1. The topological polar surface area (TPSA) is 91.4 Å². The van der Waals surface area contributed by atoms with E-state index in [-0.39, 0.29) is 11.6 Å². The number of carbonyl (C=O) groups is 1. The number of esters is 1. The zero-order valence-electron chi connectivity index (χ0n) is 9.39. The summed E-state index contributed by atoms with van der Waals surface area (Å²) < 4.78 is 9.79. The molecule has 0 bridgehead atoms. The summed E-state index contributed by atoms with van der Waals surface area (Å²) in [6, 6.07) is 1.92. The molecular formula is C10H12N4O3. The van der Waals surface area contributed by atoms with E-state index in [0.717, 1.165) is 13.1 Å². The third-order valence-corrected chi connectivity index (χ3v) is 2.48. The van der Waals surface area contributed by atoms with Crippen LogP contribution in [-0.4, -0.2) is 44.2 Å². The molecule has 1 aliphatic heterocycles. The van der Waals surface area contributed by atoms with Crippen molar-refractivity contribution in [2.45, 2.75) is 0 Å². The van der Waals surface area contributed by atoms with Gasteiger partial charge in [-0.15, -0.1) is 0 Å². The molecule has 1 aromatic heterocycles. The molecule has 2 rings (SSSR count). The van der Waals surface area contributed by atoms with Gasteiger partial charge in [-0.25, -0.2) is 4.79 Å². The maximum Gasteiger partial charge on any atom is 0.394 e. The summed E-state index contributed by atoms with van der Waals surface area (Å²) >= 11 is 0. The van der Waals surface area contributed by atoms with Gasteiger partial charge in [-0.2, -0.15) is 10.2 Å². The lowest BCUT2D eigenvalue weighted by atomic mass is 10.3. The minimum Gasteiger partial charge on any atom is -0.462 e. The second-order valence-corrected chi connectivity index (χ2v) is 3.51. The van der Waals surface area contributed by atoms with Crippen LogP contribution in [0.25, 0.3) is 0 Å². The summed E-state index contributed by atoms with van der Waals surface area (Å²) in [7, 11) is 1.24. The standard InChI is InChI=1S/C10H12N4O3/c1-16-10(15)8-13-7(6-11)9(17-8)14-4-2-12-3-5-14/h12H,2-5H2,1H3. The number of anilines is 1. The molecule has 1 aliphatic rings. The molecular weight excluding hydrogens is 224 g/mol. The number of nitriles is 1. The Hall–Kier alpha value is -2.07. The van der Waals surface area contributed by atoms with Gasteiger partial charge in [0.05, 0.1) is 7.11 Å². The minimum absolute atomic E-state index is 0.118. The molecule has 0 unspecified atom stereocenters. The first-order valence-electron chi connectivity index (χ1n) is 5.21. The molecule has 1 aromatic rings. The van der Waals surface area contributed by atoms with Crippen LogP contribution in [0.3, 0.4) is 0 Å². The fourth-order valence-electron chi connectivity index (χ4n) is 1.64. The summed E-state index contributed by atoms with van der Waals surface area (Å²) in [6.45, 7) is 3.03. The molecule has 1 N–H and O–H groups in total. The lowest BCUT2D eigenvalue weighted by Gasteiger charge is -2.26. The van der Waals surface area contributed by atoms with Gasteiger partial charge in [0.25, 0.3) is 0 Å². The molecule has 1 fully saturated rings. The molecule has 90 valence electrons. The van der Waals surface area contributed by atoms with Crippen LogP contribution >= 0.6 is 0 Å². The van der Waals surface area contributed by atoms with Crippen LogP contribution in [-0.2, 0) is 4.74 Å². The van der Waals surface area contributed by atoms with Gasteiger partial charge in [0.2, 0.25) is 11.6 Å². The zero-order chi connectivity index (χ0) is 12.3. The smallest absolute Gasteiger partial charge is 0.394 e. The second kappa shape index (κ2) is 4.84. The summed E-state index contributed by atoms with van der Waals surface area (Å²) in [6.07, 6.45) is 0. The molecule has 0 radical (unpaired) electrons. The van der Waals surface area contributed by atoms with Crippen molar-refractivity contribution in [3.05, 3.63) is 11.6 Å². The highest BCUT2D eigenvalue weighted by Crippen LogP contribution is 2.22. The molecule has 0 atom stereocenters. The van der Waals surface area contributed by atoms with Crippen LogP contribution in [0.5, 0.6) is 0 Å². The number of oxazole rings is 1. The minimum atomic E-state index is -0.678. The number of hydrogen-bond donors (Lipinski definition) is 1. The van der Waals surface area contributed by atoms with Gasteiger partial charge in [0.15, 0.2) is 0 Å². The maximum atomic E-state index is 11.3. The number of nitrogens with one attached hydrogen (secondary N) is 1. The Balaban J connectivity index is 2.29. The Labute approximate surface area is 98.0 Å². The maximum absolute atomic E-state index is 11.3. The van der Waals surface area contributed by atoms with E-state index in [1.807, 2.05) is 11.0 Å². The first-order chi connectivity index (χ1) is 8.26. The van der Waals surface area contributed by atoms with Gasteiger partial charge in [0.1, 0.15) is 6.07 Å². The van der Waals surface area contributed by atoms with Gasteiger partial charge >= 0.3 is 11.9 Å². The number of hydrogen-bond acceptors (Lipinski definition) is 7. The average Bonchev–Trinajstić information content (AvgIpc) is 2.83. The number of methoxy groups -OCH3 is 1. The molecule has 0 saturated carbocycles. The van der Waals surface area contributed by atoms with E-state index >= 15 is 0 Å². The van der Waals surface area contributed by atoms with E-state index in [9.17, 15) is 4.79 Å². The van der Waals surface area contributed by atoms with Crippen molar-refractivity contribution in [2.75, 3.05) is 38.2 Å². The van der Waals surface area contributed by atoms with Crippen molar-refractivity contribution >= 4 is 11.9 Å². The molecule has 7 heteroatoms. The van der Waals surface area contributed by atoms with Gasteiger partial charge < -0.3 is 19.4 Å². The van der Waals surface area contributed by atoms with E-state index in [0.29, 0.717) is 19.0 Å². The summed E-state index contributed by atoms with van der Waals surface area (Å²) in [4.78, 5) is 17.0. The van der Waals surface area contributed by atoms with Crippen molar-refractivity contribution in [3.63, 3.8) is 0 Å². The summed E-state index contributed by atoms with van der Waals surface area (Å²) in [5.74, 6) is -0.519. The number of aromatic nitrogens is 1. The Kier molecular flexibility index (Phi) is 3.25. The quantitative estimate of drug-likeness (QED) is 0.707. The Morgan fingerprint density at radius 3 is 2.88 bits per heavy atom. The van der Waals surface area contributed by atoms with E-state index < -0.39 is 5.97 Å². The average molecular weight is 236 g/mol. The highest BCUT2D eigenvalue weighted by atomic mass is 16.5. The van der Waals surface area contributed by atoms with Crippen LogP contribution in [0.2, 0.25) is 0 Å². The molecule has 0 aromatic carbocycles. The molecule has 0 amide bonds. The number of rotatable bonds is 2. The van der Waals surface area contributed by atoms with Crippen molar-refractivity contribution in [1.29, 1.82) is 5.26 Å². The second-order valence-electron chi connectivity index (χ2n) is 3.51. The first-order valence-corrected chi connectivity index (χ1v) is 5.21. The Morgan fingerprint density at radius 1 is 1.59 bits per heavy atom. The largest absolute Gasteiger partial charge is 0.462 e. The molecule has 0 spiro atoms. The van der Waals surface area contributed by atoms with Crippen LogP contribution in [0.4, 0.5) is 5.88 Å². The van der Waals surface area contributed by atoms with Crippen LogP contribution in [0.1, 0.15) is 16.4 Å². The highest BCUT2D eigenvalue weighted by Gasteiger charge is 2.24. The number of ether oxygens (including phenoxy) is 1. The Bertz CT molecular complexity index is 457. The first kappa shape index (κ1) is 11.4. The van der Waals surface area contributed by atoms with Crippen molar-refractivity contribution in [3.8, 4) is 6.07 Å². The van der Waals surface area contributed by atoms with Crippen molar-refractivity contribution in [1.82, 2.24) is 10.3 Å². The van der Waals surface area contributed by atoms with Gasteiger partial charge in [-0.1, -0.05) is 0 Å². The lowest BCUT2D eigenvalue weighted by molar-refractivity contribution is 0.0556. The predicted molar refractivity (Wildman–Crippen MR) is 57.6 cm³/mol. The molecule has 17 heavy (non-hydrogen) atoms. The molecule has 0 aliphatic carbocycles. The van der Waals surface area contributed by atoms with E-state index in [1.54, 1.807) is 0 Å². The summed E-state index contributed by atoms with van der Waals surface area (Å²) in [5, 5.41) is 12.1. The van der Waals surface area contributed by atoms with Crippen LogP contribution < -0.4 is 10.2 Å². The van der Waals surface area contributed by atoms with Crippen LogP contribution in [0, 0.1) is 11.3 Å². The number of carbonyl (C=O) groups excluding carboxylic acids is 1.